The summed E-state index contributed by atoms with van der Waals surface area (Å²) < 4.78 is 28.9. The molecule has 0 saturated carbocycles. The van der Waals surface area contributed by atoms with Crippen molar-refractivity contribution in [3.8, 4) is 0 Å². The molecule has 0 N–H and O–H groups in total. The fourth-order valence-electron chi connectivity index (χ4n) is 14.2. The predicted octanol–water partition coefficient (Wildman–Crippen LogP) is 40.4. The molecular formula is C108H282Co6N18Si18+6. The van der Waals surface area contributed by atoms with Crippen molar-refractivity contribution in [1.82, 2.24) is 29.4 Å². The van der Waals surface area contributed by atoms with Crippen LogP contribution in [0.4, 0.5) is 0 Å². The second-order valence-electron chi connectivity index (χ2n) is 64.0. The molecule has 0 spiro atoms. The number of nitrogens with zero attached hydrogens (tertiary/aromatic N) is 18. The van der Waals surface area contributed by atoms with E-state index in [1.807, 2.05) is 0 Å². The van der Waals surface area contributed by atoms with E-state index in [9.17, 15) is 0 Å². The van der Waals surface area contributed by atoms with Gasteiger partial charge in [0.15, 0.2) is 0 Å². The van der Waals surface area contributed by atoms with Crippen molar-refractivity contribution >= 4 is 148 Å². The molecule has 0 radical (unpaired) electrons. The van der Waals surface area contributed by atoms with Gasteiger partial charge in [0.25, 0.3) is 0 Å². The van der Waals surface area contributed by atoms with Gasteiger partial charge in [0.2, 0.25) is 0 Å². The van der Waals surface area contributed by atoms with Gasteiger partial charge in [0, 0.05) is 0 Å². The maximum absolute atomic E-state index is 5.24. The average Bonchev–Trinajstić information content (AvgIpc) is 0.802. The van der Waals surface area contributed by atoms with Crippen molar-refractivity contribution in [3.63, 3.8) is 0 Å². The van der Waals surface area contributed by atoms with Crippen LogP contribution in [0.25, 0.3) is 57.8 Å². The first-order valence-electron chi connectivity index (χ1n) is 56.7. The molecule has 0 fully saturated rings. The standard InChI is InChI=1S/C14H33N2Si.C13H31N2Si.2C12H29N2Si.C11H27N2Si.C10H25N2Si.6C6H18NSi2.6Co/c1-10-16(11-2)12-14(6,7)15-17(8,9)13(3,4)5;1-8-15(9-2)12-10-11-14-16(6,7)13(3,4)5;1-11(2,3)15(8,9)13-12(4,5)10-14(6)7;1-8-14(9-2)11-10-13-15(6,7)12(3,4)5;1-11(2,3)14(6,7)12-9-8-10-13(4)5;1-10(2,3)13(6,7)11-8-9-12(4)5;6*1-8(2,3)7-9(4,5)6;;;;;;/h10-12H2,1-9H3;8-12H2,1-7H3;10H2,1-9H3;8-11H2,1-7H3;8-10H2,1-7H3;8-9H2,1-7H3;6*1-6H3;;;;;;/q12*-1;6*+3. The quantitative estimate of drug-likeness (QED) is 0.0431. The van der Waals surface area contributed by atoms with Crippen molar-refractivity contribution in [2.24, 2.45) is 0 Å². The van der Waals surface area contributed by atoms with Crippen LogP contribution < -0.4 is 0 Å². The van der Waals surface area contributed by atoms with E-state index in [1.165, 1.54) is 19.4 Å². The van der Waals surface area contributed by atoms with Crippen molar-refractivity contribution in [2.75, 3.05) is 147 Å². The summed E-state index contributed by atoms with van der Waals surface area (Å²) in [5, 5.41) is 2.24. The van der Waals surface area contributed by atoms with Crippen molar-refractivity contribution < 1.29 is 101 Å². The Morgan fingerprint density at radius 1 is 0.167 bits per heavy atom. The Hall–Kier alpha value is 6.22. The van der Waals surface area contributed by atoms with Crippen LogP contribution in [-0.2, 0) is 101 Å². The van der Waals surface area contributed by atoms with E-state index in [0.717, 1.165) is 98.2 Å². The molecule has 0 aromatic rings. The van der Waals surface area contributed by atoms with Crippen molar-refractivity contribution in [1.29, 1.82) is 0 Å². The zero-order valence-electron chi connectivity index (χ0n) is 118. The molecule has 150 heavy (non-hydrogen) atoms. The Bertz CT molecular complexity index is 2820. The van der Waals surface area contributed by atoms with Crippen molar-refractivity contribution in [2.45, 2.75) is 562 Å². The molecule has 0 unspecified atom stereocenters. The molecule has 0 saturated heterocycles. The van der Waals surface area contributed by atoms with Gasteiger partial charge in [-0.25, -0.2) is 0 Å². The molecule has 0 aromatic heterocycles. The summed E-state index contributed by atoms with van der Waals surface area (Å²) in [6, 6.07) is 0. The largest absolute Gasteiger partial charge is 3.00 e. The minimum Gasteiger partial charge on any atom is -0.668 e. The van der Waals surface area contributed by atoms with Gasteiger partial charge >= 0.3 is 101 Å². The first-order chi connectivity index (χ1) is 61.9. The molecule has 42 heteroatoms. The monoisotopic (exact) mass is 2690 g/mol. The van der Waals surface area contributed by atoms with E-state index in [2.05, 4.69) is 580 Å². The van der Waals surface area contributed by atoms with Crippen LogP contribution in [0.1, 0.15) is 207 Å². The Balaban J connectivity index is -0.0000000795. The van der Waals surface area contributed by atoms with Crippen LogP contribution in [0.3, 0.4) is 0 Å². The van der Waals surface area contributed by atoms with Gasteiger partial charge in [-0.1, -0.05) is 699 Å². The number of rotatable bonds is 44. The molecule has 0 rings (SSSR count). The third-order valence-corrected chi connectivity index (χ3v) is 85.2. The van der Waals surface area contributed by atoms with E-state index in [4.69, 9.17) is 57.8 Å². The van der Waals surface area contributed by atoms with Gasteiger partial charge in [0.1, 0.15) is 0 Å². The third kappa shape index (κ3) is 141. The summed E-state index contributed by atoms with van der Waals surface area (Å²) in [5.41, 5.74) is 0.154. The van der Waals surface area contributed by atoms with Gasteiger partial charge in [-0.2, -0.15) is 0 Å². The second kappa shape index (κ2) is 83.5. The fraction of sp³-hybridized carbons (Fsp3) is 1.00. The molecule has 0 heterocycles. The van der Waals surface area contributed by atoms with Crippen LogP contribution in [-0.4, -0.2) is 336 Å². The number of hydrogen-bond donors (Lipinski definition) is 0. The third-order valence-electron chi connectivity index (χ3n) is 24.6. The molecule has 0 amide bonds. The molecule has 0 aliphatic heterocycles. The number of likely N-dealkylation sites (N-methyl/N-ethyl adjacent to an activating group) is 4. The predicted molar refractivity (Wildman–Crippen MR) is 740 cm³/mol. The topological polar surface area (TPSA) is 189 Å². The van der Waals surface area contributed by atoms with Gasteiger partial charge < -0.3 is 87.2 Å². The summed E-state index contributed by atoms with van der Waals surface area (Å²) in [6.07, 6.45) is 2.41. The summed E-state index contributed by atoms with van der Waals surface area (Å²) >= 11 is 0. The second-order valence-corrected chi connectivity index (χ2v) is 151. The van der Waals surface area contributed by atoms with E-state index < -0.39 is 148 Å². The normalized spacial score (nSPS) is 13.4. The van der Waals surface area contributed by atoms with Gasteiger partial charge in [-0.3, -0.25) is 0 Å². The van der Waals surface area contributed by atoms with Crippen LogP contribution in [0.2, 0.25) is 344 Å². The Morgan fingerprint density at radius 2 is 0.313 bits per heavy atom. The summed E-state index contributed by atoms with van der Waals surface area (Å²) in [7, 11) is -9.19. The molecule has 924 valence electrons. The van der Waals surface area contributed by atoms with Crippen LogP contribution >= 0.6 is 0 Å². The summed E-state index contributed by atoms with van der Waals surface area (Å²) in [5.74, 6) is 0. The zero-order chi connectivity index (χ0) is 120. The van der Waals surface area contributed by atoms with Crippen molar-refractivity contribution in [3.05, 3.63) is 57.8 Å². The minimum absolute atomic E-state index is 0. The summed E-state index contributed by atoms with van der Waals surface area (Å²) in [4.78, 5) is 44.1. The molecule has 18 nitrogen and oxygen atoms in total. The Morgan fingerprint density at radius 3 is 0.453 bits per heavy atom. The number of hydrogen-bond acceptors (Lipinski definition) is 6. The Kier molecular flexibility index (Phi) is 110. The average molecular weight is 2690 g/mol. The minimum atomic E-state index is -1.53. The smallest absolute Gasteiger partial charge is 0.668 e. The van der Waals surface area contributed by atoms with E-state index in [0.29, 0.717) is 30.2 Å². The Labute approximate surface area is 1030 Å². The molecule has 0 aliphatic rings. The molecule has 0 aromatic carbocycles. The summed E-state index contributed by atoms with van der Waals surface area (Å²) in [6.45, 7) is 193. The molecule has 0 aliphatic carbocycles. The first-order valence-corrected chi connectivity index (χ1v) is 116. The first kappa shape index (κ1) is 197. The van der Waals surface area contributed by atoms with Gasteiger partial charge in [-0.15, -0.1) is 37.3 Å². The fourth-order valence-corrected chi connectivity index (χ4v) is 70.9. The van der Waals surface area contributed by atoms with Gasteiger partial charge in [-0.05, 0) is 121 Å². The SMILES string of the molecule is CCN(CC)CC(C)(C)[N-][Si](C)(C)C(C)(C)C.CCN(CC)CCC[N-][Si](C)(C)C(C)(C)C.CCN(CC)CC[N-][Si](C)(C)C(C)(C)C.CN(C)CC(C)(C)[N-][Si](C)(C)C(C)(C)C.CN(C)CCC[N-][Si](C)(C)C(C)(C)C.CN(C)CC[N-][Si](C)(C)C(C)(C)C.C[Si](C)(C)[N-][Si](C)(C)C.C[Si](C)(C)[N-][Si](C)(C)C.C[Si](C)(C)[N-][Si](C)(C)C.C[Si](C)(C)[N-][Si](C)(C)C.C[Si](C)(C)[N-][Si](C)(C)C.C[Si](C)(C)[N-][Si](C)(C)C.[Co+3].[Co+3].[Co+3].[Co+3].[Co+3].[Co+3]. The van der Waals surface area contributed by atoms with Crippen LogP contribution in [0, 0.1) is 0 Å². The van der Waals surface area contributed by atoms with Crippen LogP contribution in [0.15, 0.2) is 0 Å². The molecule has 0 bridgehead atoms. The molecule has 0 atom stereocenters. The van der Waals surface area contributed by atoms with E-state index >= 15 is 0 Å². The van der Waals surface area contributed by atoms with E-state index in [1.54, 1.807) is 0 Å². The van der Waals surface area contributed by atoms with Crippen LogP contribution in [0.5, 0.6) is 0 Å². The zero-order valence-corrected chi connectivity index (χ0v) is 142. The maximum Gasteiger partial charge on any atom is 3.00 e. The van der Waals surface area contributed by atoms with E-state index in [-0.39, 0.29) is 112 Å². The molecular weight excluding hydrogens is 2410 g/mol. The maximum atomic E-state index is 5.24. The van der Waals surface area contributed by atoms with Gasteiger partial charge in [0.05, 0.1) is 0 Å².